The number of hydrogen-bond donors (Lipinski definition) is 1. The van der Waals surface area contributed by atoms with E-state index in [1.807, 2.05) is 27.7 Å². The van der Waals surface area contributed by atoms with E-state index < -0.39 is 0 Å². The van der Waals surface area contributed by atoms with Crippen LogP contribution in [0.1, 0.15) is 27.7 Å². The van der Waals surface area contributed by atoms with Gasteiger partial charge in [0.05, 0.1) is 13.2 Å². The standard InChI is InChI=1S/C10H21NO3/c1-5-13-7-9(4)14-10(12)6-11-8(2)3/h8-9,11H,5-7H2,1-4H3. The van der Waals surface area contributed by atoms with Crippen LogP contribution in [0.5, 0.6) is 0 Å². The summed E-state index contributed by atoms with van der Waals surface area (Å²) in [6, 6.07) is 0.296. The monoisotopic (exact) mass is 203 g/mol. The molecule has 0 aromatic rings. The second-order valence-corrected chi connectivity index (χ2v) is 3.50. The fraction of sp³-hybridized carbons (Fsp3) is 0.900. The third-order valence-electron chi connectivity index (χ3n) is 1.54. The summed E-state index contributed by atoms with van der Waals surface area (Å²) in [6.07, 6.45) is -0.170. The fourth-order valence-corrected chi connectivity index (χ4v) is 0.871. The average Bonchev–Trinajstić information content (AvgIpc) is 2.11. The molecule has 0 aliphatic heterocycles. The van der Waals surface area contributed by atoms with Crippen LogP contribution < -0.4 is 5.32 Å². The molecular weight excluding hydrogens is 182 g/mol. The molecule has 4 nitrogen and oxygen atoms in total. The number of esters is 1. The Labute approximate surface area is 86.0 Å². The van der Waals surface area contributed by atoms with E-state index in [-0.39, 0.29) is 18.6 Å². The van der Waals surface area contributed by atoms with E-state index >= 15 is 0 Å². The number of carbonyl (C=O) groups is 1. The average molecular weight is 203 g/mol. The molecule has 0 aromatic heterocycles. The maximum Gasteiger partial charge on any atom is 0.320 e. The highest BCUT2D eigenvalue weighted by molar-refractivity contribution is 5.71. The molecule has 84 valence electrons. The largest absolute Gasteiger partial charge is 0.459 e. The first-order chi connectivity index (χ1) is 6.56. The maximum atomic E-state index is 11.2. The summed E-state index contributed by atoms with van der Waals surface area (Å²) in [5.74, 6) is -0.231. The topological polar surface area (TPSA) is 47.6 Å². The number of nitrogens with one attached hydrogen (secondary N) is 1. The molecule has 0 rings (SSSR count). The molecule has 0 heterocycles. The van der Waals surface area contributed by atoms with Gasteiger partial charge in [0.2, 0.25) is 0 Å². The molecule has 0 bridgehead atoms. The predicted octanol–water partition coefficient (Wildman–Crippen LogP) is 0.953. The Kier molecular flexibility index (Phi) is 7.42. The normalized spacial score (nSPS) is 12.9. The van der Waals surface area contributed by atoms with Crippen molar-refractivity contribution in [3.05, 3.63) is 0 Å². The van der Waals surface area contributed by atoms with Gasteiger partial charge in [-0.25, -0.2) is 0 Å². The molecule has 14 heavy (non-hydrogen) atoms. The summed E-state index contributed by atoms with van der Waals surface area (Å²) in [4.78, 5) is 11.2. The van der Waals surface area contributed by atoms with Gasteiger partial charge in [-0.2, -0.15) is 0 Å². The highest BCUT2D eigenvalue weighted by atomic mass is 16.6. The van der Waals surface area contributed by atoms with E-state index in [1.54, 1.807) is 0 Å². The molecule has 1 atom stereocenters. The Morgan fingerprint density at radius 3 is 2.50 bits per heavy atom. The summed E-state index contributed by atoms with van der Waals surface area (Å²) >= 11 is 0. The first-order valence-corrected chi connectivity index (χ1v) is 5.06. The summed E-state index contributed by atoms with van der Waals surface area (Å²) in [5, 5.41) is 2.99. The third-order valence-corrected chi connectivity index (χ3v) is 1.54. The zero-order valence-corrected chi connectivity index (χ0v) is 9.50. The quantitative estimate of drug-likeness (QED) is 0.626. The molecule has 0 spiro atoms. The second kappa shape index (κ2) is 7.76. The van der Waals surface area contributed by atoms with Crippen LogP contribution in [0.25, 0.3) is 0 Å². The zero-order chi connectivity index (χ0) is 11.0. The van der Waals surface area contributed by atoms with Crippen LogP contribution in [0.4, 0.5) is 0 Å². The Morgan fingerprint density at radius 1 is 1.36 bits per heavy atom. The van der Waals surface area contributed by atoms with Crippen LogP contribution in [0.3, 0.4) is 0 Å². The SMILES string of the molecule is CCOCC(C)OC(=O)CNC(C)C. The van der Waals surface area contributed by atoms with Gasteiger partial charge in [0.1, 0.15) is 6.10 Å². The predicted molar refractivity (Wildman–Crippen MR) is 55.2 cm³/mol. The first-order valence-electron chi connectivity index (χ1n) is 5.06. The third kappa shape index (κ3) is 8.01. The van der Waals surface area contributed by atoms with E-state index in [0.717, 1.165) is 0 Å². The highest BCUT2D eigenvalue weighted by Gasteiger charge is 2.09. The summed E-state index contributed by atoms with van der Waals surface area (Å²) in [5.41, 5.74) is 0. The molecule has 0 amide bonds. The molecule has 4 heteroatoms. The van der Waals surface area contributed by atoms with Gasteiger partial charge < -0.3 is 14.8 Å². The van der Waals surface area contributed by atoms with Crippen molar-refractivity contribution in [2.75, 3.05) is 19.8 Å². The van der Waals surface area contributed by atoms with E-state index in [0.29, 0.717) is 19.3 Å². The van der Waals surface area contributed by atoms with Crippen LogP contribution in [0.2, 0.25) is 0 Å². The lowest BCUT2D eigenvalue weighted by atomic mass is 10.4. The van der Waals surface area contributed by atoms with Crippen LogP contribution in [-0.2, 0) is 14.3 Å². The van der Waals surface area contributed by atoms with E-state index in [2.05, 4.69) is 5.32 Å². The minimum atomic E-state index is -0.231. The molecule has 1 unspecified atom stereocenters. The Balaban J connectivity index is 3.50. The van der Waals surface area contributed by atoms with Crippen LogP contribution in [0, 0.1) is 0 Å². The van der Waals surface area contributed by atoms with Crippen molar-refractivity contribution in [1.82, 2.24) is 5.32 Å². The molecule has 0 aliphatic carbocycles. The van der Waals surface area contributed by atoms with E-state index in [1.165, 1.54) is 0 Å². The number of hydrogen-bond acceptors (Lipinski definition) is 4. The number of ether oxygens (including phenoxy) is 2. The lowest BCUT2D eigenvalue weighted by Gasteiger charge is -2.14. The number of rotatable bonds is 7. The van der Waals surface area contributed by atoms with Gasteiger partial charge in [0, 0.05) is 12.6 Å². The first kappa shape index (κ1) is 13.4. The van der Waals surface area contributed by atoms with Gasteiger partial charge in [-0.05, 0) is 13.8 Å². The van der Waals surface area contributed by atoms with Gasteiger partial charge in [-0.15, -0.1) is 0 Å². The Morgan fingerprint density at radius 2 is 2.00 bits per heavy atom. The fourth-order valence-electron chi connectivity index (χ4n) is 0.871. The van der Waals surface area contributed by atoms with Crippen molar-refractivity contribution in [3.63, 3.8) is 0 Å². The minimum absolute atomic E-state index is 0.170. The molecular formula is C10H21NO3. The minimum Gasteiger partial charge on any atom is -0.459 e. The Bertz CT molecular complexity index is 159. The van der Waals surface area contributed by atoms with Gasteiger partial charge in [-0.3, -0.25) is 4.79 Å². The van der Waals surface area contributed by atoms with Crippen LogP contribution in [0.15, 0.2) is 0 Å². The molecule has 0 fully saturated rings. The van der Waals surface area contributed by atoms with Crippen LogP contribution in [-0.4, -0.2) is 37.9 Å². The number of carbonyl (C=O) groups excluding carboxylic acids is 1. The van der Waals surface area contributed by atoms with Crippen molar-refractivity contribution >= 4 is 5.97 Å². The Hall–Kier alpha value is -0.610. The molecule has 0 aliphatic rings. The maximum absolute atomic E-state index is 11.2. The summed E-state index contributed by atoms with van der Waals surface area (Å²) in [6.45, 7) is 9.07. The van der Waals surface area contributed by atoms with Gasteiger partial charge in [-0.1, -0.05) is 13.8 Å². The molecule has 1 N–H and O–H groups in total. The molecule has 0 aromatic carbocycles. The molecule has 0 saturated heterocycles. The second-order valence-electron chi connectivity index (χ2n) is 3.50. The van der Waals surface area contributed by atoms with Gasteiger partial charge >= 0.3 is 5.97 Å². The van der Waals surface area contributed by atoms with Crippen LogP contribution >= 0.6 is 0 Å². The van der Waals surface area contributed by atoms with Crippen molar-refractivity contribution < 1.29 is 14.3 Å². The van der Waals surface area contributed by atoms with Crippen molar-refractivity contribution in [2.45, 2.75) is 39.8 Å². The lowest BCUT2D eigenvalue weighted by Crippen LogP contribution is -2.32. The van der Waals surface area contributed by atoms with E-state index in [9.17, 15) is 4.79 Å². The van der Waals surface area contributed by atoms with Crippen molar-refractivity contribution in [2.24, 2.45) is 0 Å². The van der Waals surface area contributed by atoms with Crippen molar-refractivity contribution in [3.8, 4) is 0 Å². The van der Waals surface area contributed by atoms with Crippen molar-refractivity contribution in [1.29, 1.82) is 0 Å². The molecule has 0 saturated carbocycles. The van der Waals surface area contributed by atoms with Gasteiger partial charge in [0.25, 0.3) is 0 Å². The molecule has 0 radical (unpaired) electrons. The summed E-state index contributed by atoms with van der Waals surface area (Å²) in [7, 11) is 0. The summed E-state index contributed by atoms with van der Waals surface area (Å²) < 4.78 is 10.2. The lowest BCUT2D eigenvalue weighted by molar-refractivity contribution is -0.149. The highest BCUT2D eigenvalue weighted by Crippen LogP contribution is 1.92. The smallest absolute Gasteiger partial charge is 0.320 e. The zero-order valence-electron chi connectivity index (χ0n) is 9.50. The van der Waals surface area contributed by atoms with Gasteiger partial charge in [0.15, 0.2) is 0 Å². The van der Waals surface area contributed by atoms with E-state index in [4.69, 9.17) is 9.47 Å².